The number of amides is 2. The lowest BCUT2D eigenvalue weighted by Gasteiger charge is -2.33. The highest BCUT2D eigenvalue weighted by Crippen LogP contribution is 2.55. The summed E-state index contributed by atoms with van der Waals surface area (Å²) in [6.07, 6.45) is -0.0390. The van der Waals surface area contributed by atoms with Crippen molar-refractivity contribution in [2.75, 3.05) is 18.9 Å². The second-order valence-electron chi connectivity index (χ2n) is 10.6. The van der Waals surface area contributed by atoms with E-state index in [9.17, 15) is 23.5 Å². The van der Waals surface area contributed by atoms with Crippen molar-refractivity contribution in [2.45, 2.75) is 36.5 Å². The van der Waals surface area contributed by atoms with Gasteiger partial charge in [0, 0.05) is 16.7 Å². The van der Waals surface area contributed by atoms with Crippen LogP contribution in [0.4, 0.5) is 18.3 Å². The van der Waals surface area contributed by atoms with Gasteiger partial charge in [-0.05, 0) is 62.2 Å². The maximum absolute atomic E-state index is 16.0. The number of nitrogens with two attached hydrogens (primary N) is 2. The first-order valence-electron chi connectivity index (χ1n) is 12.6. The average Bonchev–Trinajstić information content (AvgIpc) is 3.43. The molecular formula is C28H24F3N5O4S. The Bertz CT molecular complexity index is 1740. The van der Waals surface area contributed by atoms with Crippen LogP contribution in [0.25, 0.3) is 21.5 Å². The molecule has 0 radical (unpaired) electrons. The predicted octanol–water partition coefficient (Wildman–Crippen LogP) is 3.47. The molecule has 212 valence electrons. The minimum Gasteiger partial charge on any atom is -0.489 e. The molecule has 1 aliphatic carbocycles. The highest BCUT2D eigenvalue weighted by Gasteiger charge is 2.62. The summed E-state index contributed by atoms with van der Waals surface area (Å²) in [6, 6.07) is 9.02. The number of nitrogen functional groups attached to an aromatic ring is 1. The Morgan fingerprint density at radius 1 is 1.17 bits per heavy atom. The second kappa shape index (κ2) is 9.14. The largest absolute Gasteiger partial charge is 0.489 e. The third kappa shape index (κ3) is 4.27. The first-order valence-corrected chi connectivity index (χ1v) is 13.5. The number of alkyl halides is 1. The number of hydrogen-bond donors (Lipinski definition) is 4. The number of benzene rings is 2. The van der Waals surface area contributed by atoms with E-state index in [0.29, 0.717) is 10.3 Å². The number of carbonyl (C=O) groups excluding carboxylic acids is 2. The summed E-state index contributed by atoms with van der Waals surface area (Å²) in [5.41, 5.74) is 6.10. The molecule has 0 saturated heterocycles. The molecule has 3 heterocycles. The minimum absolute atomic E-state index is 0.0195. The third-order valence-electron chi connectivity index (χ3n) is 7.82. The Hall–Kier alpha value is -4.23. The molecule has 6 rings (SSSR count). The van der Waals surface area contributed by atoms with E-state index in [1.54, 1.807) is 6.92 Å². The smallest absolute Gasteiger partial charge is 0.251 e. The van der Waals surface area contributed by atoms with Crippen molar-refractivity contribution in [3.05, 3.63) is 70.9 Å². The normalized spacial score (nSPS) is 20.2. The van der Waals surface area contributed by atoms with E-state index < -0.39 is 46.7 Å². The number of rotatable bonds is 7. The molecular weight excluding hydrogens is 559 g/mol. The molecule has 2 aliphatic rings. The summed E-state index contributed by atoms with van der Waals surface area (Å²) in [6.45, 7) is 0.804. The topological polar surface area (TPSA) is 153 Å². The molecule has 9 nitrogen and oxygen atoms in total. The SMILES string of the molecule is C[C@]1(C(N)=O)COc2c1cc(C(O)(CNC(=O)c1cc(F)c3nc(N)sc3c1)C1(F)CC1)nc2-c1ccc(F)cc1. The molecule has 1 fully saturated rings. The number of fused-ring (bicyclic) bond motifs is 2. The summed E-state index contributed by atoms with van der Waals surface area (Å²) in [4.78, 5) is 34.0. The van der Waals surface area contributed by atoms with Gasteiger partial charge in [-0.2, -0.15) is 0 Å². The third-order valence-corrected chi connectivity index (χ3v) is 8.65. The van der Waals surface area contributed by atoms with Gasteiger partial charge in [0.1, 0.15) is 40.5 Å². The van der Waals surface area contributed by atoms with Crippen LogP contribution >= 0.6 is 11.3 Å². The van der Waals surface area contributed by atoms with Gasteiger partial charge in [0.25, 0.3) is 5.91 Å². The van der Waals surface area contributed by atoms with E-state index in [0.717, 1.165) is 17.4 Å². The first kappa shape index (κ1) is 27.0. The number of carbonyl (C=O) groups is 2. The van der Waals surface area contributed by atoms with Crippen LogP contribution in [0.2, 0.25) is 0 Å². The van der Waals surface area contributed by atoms with Gasteiger partial charge in [-0.25, -0.2) is 23.1 Å². The molecule has 2 atom stereocenters. The highest BCUT2D eigenvalue weighted by atomic mass is 32.1. The van der Waals surface area contributed by atoms with E-state index >= 15 is 4.39 Å². The Labute approximate surface area is 235 Å². The average molecular weight is 584 g/mol. The van der Waals surface area contributed by atoms with E-state index in [-0.39, 0.29) is 58.4 Å². The molecule has 1 unspecified atom stereocenters. The van der Waals surface area contributed by atoms with Gasteiger partial charge in [-0.1, -0.05) is 11.3 Å². The van der Waals surface area contributed by atoms with Crippen molar-refractivity contribution >= 4 is 38.5 Å². The van der Waals surface area contributed by atoms with E-state index in [1.165, 1.54) is 36.4 Å². The van der Waals surface area contributed by atoms with E-state index in [1.807, 2.05) is 0 Å². The zero-order valence-electron chi connectivity index (χ0n) is 21.6. The fourth-order valence-electron chi connectivity index (χ4n) is 5.05. The summed E-state index contributed by atoms with van der Waals surface area (Å²) in [5.74, 6) is -2.54. The number of aliphatic hydroxyl groups is 1. The van der Waals surface area contributed by atoms with E-state index in [2.05, 4.69) is 15.3 Å². The van der Waals surface area contributed by atoms with Crippen LogP contribution in [0.15, 0.2) is 42.5 Å². The maximum Gasteiger partial charge on any atom is 0.251 e. The van der Waals surface area contributed by atoms with Gasteiger partial charge in [0.2, 0.25) is 5.91 Å². The van der Waals surface area contributed by atoms with Crippen molar-refractivity contribution in [2.24, 2.45) is 5.73 Å². The van der Waals surface area contributed by atoms with Crippen molar-refractivity contribution < 1.29 is 32.6 Å². The maximum atomic E-state index is 16.0. The predicted molar refractivity (Wildman–Crippen MR) is 145 cm³/mol. The van der Waals surface area contributed by atoms with Crippen molar-refractivity contribution in [1.29, 1.82) is 0 Å². The van der Waals surface area contributed by atoms with Gasteiger partial charge < -0.3 is 26.6 Å². The van der Waals surface area contributed by atoms with Gasteiger partial charge in [-0.15, -0.1) is 0 Å². The lowest BCUT2D eigenvalue weighted by Crippen LogP contribution is -2.49. The molecule has 0 spiro atoms. The number of nitrogens with zero attached hydrogens (tertiary/aromatic N) is 2. The minimum atomic E-state index is -2.36. The molecule has 1 saturated carbocycles. The number of aromatic nitrogens is 2. The number of primary amides is 1. The van der Waals surface area contributed by atoms with Crippen LogP contribution < -0.4 is 21.5 Å². The van der Waals surface area contributed by atoms with Crippen LogP contribution in [0.1, 0.15) is 41.4 Å². The number of hydrogen-bond acceptors (Lipinski definition) is 8. The lowest BCUT2D eigenvalue weighted by atomic mass is 9.80. The molecule has 2 aromatic carbocycles. The van der Waals surface area contributed by atoms with E-state index in [4.69, 9.17) is 16.2 Å². The summed E-state index contributed by atoms with van der Waals surface area (Å²) >= 11 is 1.00. The summed E-state index contributed by atoms with van der Waals surface area (Å²) < 4.78 is 50.4. The highest BCUT2D eigenvalue weighted by molar-refractivity contribution is 7.22. The molecule has 4 aromatic rings. The number of anilines is 1. The molecule has 0 bridgehead atoms. The quantitative estimate of drug-likeness (QED) is 0.260. The fraction of sp³-hybridized carbons (Fsp3) is 0.286. The molecule has 6 N–H and O–H groups in total. The zero-order chi connectivity index (χ0) is 29.3. The number of ether oxygens (including phenoxy) is 1. The number of pyridine rings is 1. The van der Waals surface area contributed by atoms with Crippen LogP contribution in [0, 0.1) is 11.6 Å². The second-order valence-corrected chi connectivity index (χ2v) is 11.7. The molecule has 2 amide bonds. The number of halogens is 3. The first-order chi connectivity index (χ1) is 19.3. The number of thiazole rings is 1. The van der Waals surface area contributed by atoms with Gasteiger partial charge in [0.15, 0.2) is 16.5 Å². The Morgan fingerprint density at radius 2 is 1.88 bits per heavy atom. The monoisotopic (exact) mass is 583 g/mol. The fourth-order valence-corrected chi connectivity index (χ4v) is 5.84. The summed E-state index contributed by atoms with van der Waals surface area (Å²) in [7, 11) is 0. The molecule has 13 heteroatoms. The molecule has 41 heavy (non-hydrogen) atoms. The van der Waals surface area contributed by atoms with Crippen LogP contribution in [-0.4, -0.2) is 45.7 Å². The van der Waals surface area contributed by atoms with Gasteiger partial charge in [-0.3, -0.25) is 9.59 Å². The van der Waals surface area contributed by atoms with Crippen molar-refractivity contribution in [3.8, 4) is 17.0 Å². The van der Waals surface area contributed by atoms with Gasteiger partial charge >= 0.3 is 0 Å². The van der Waals surface area contributed by atoms with Crippen LogP contribution in [-0.2, 0) is 15.8 Å². The van der Waals surface area contributed by atoms with Crippen LogP contribution in [0.3, 0.4) is 0 Å². The molecule has 2 aromatic heterocycles. The Balaban J connectivity index is 1.42. The number of nitrogens with one attached hydrogen (secondary N) is 1. The Kier molecular flexibility index (Phi) is 6.01. The van der Waals surface area contributed by atoms with Gasteiger partial charge in [0.05, 0.1) is 16.9 Å². The Morgan fingerprint density at radius 3 is 2.54 bits per heavy atom. The molecule has 1 aliphatic heterocycles. The summed E-state index contributed by atoms with van der Waals surface area (Å²) in [5, 5.41) is 14.5. The van der Waals surface area contributed by atoms with Crippen molar-refractivity contribution in [3.63, 3.8) is 0 Å². The van der Waals surface area contributed by atoms with Crippen molar-refractivity contribution in [1.82, 2.24) is 15.3 Å². The standard InChI is InChI=1S/C28H24F3N5O4S/c1-26(24(32)38)12-40-22-16(26)10-19(35-20(22)13-2-4-15(29)5-3-13)28(39,27(31)6-7-27)11-34-23(37)14-8-17(30)21-18(9-14)41-25(33)36-21/h2-5,8-10,39H,6-7,11-12H2,1H3,(H2,32,38)(H2,33,36)(H,34,37)/t26-,28?/m0/s1. The zero-order valence-corrected chi connectivity index (χ0v) is 22.4. The van der Waals surface area contributed by atoms with Crippen LogP contribution in [0.5, 0.6) is 5.75 Å². The lowest BCUT2D eigenvalue weighted by molar-refractivity contribution is -0.123.